The highest BCUT2D eigenvalue weighted by Gasteiger charge is 2.04. The number of aromatic nitrogens is 3. The van der Waals surface area contributed by atoms with E-state index in [0.717, 1.165) is 16.3 Å². The van der Waals surface area contributed by atoms with Gasteiger partial charge >= 0.3 is 0 Å². The van der Waals surface area contributed by atoms with Gasteiger partial charge < -0.3 is 5.32 Å². The number of benzene rings is 1. The Balaban J connectivity index is 1.95. The van der Waals surface area contributed by atoms with Crippen molar-refractivity contribution < 1.29 is 0 Å². The minimum absolute atomic E-state index is 0.901. The number of fused-ring (bicyclic) bond motifs is 1. The third-order valence-electron chi connectivity index (χ3n) is 2.50. The molecule has 2 heterocycles. The van der Waals surface area contributed by atoms with Crippen LogP contribution in [0.1, 0.15) is 5.56 Å². The quantitative estimate of drug-likeness (QED) is 0.753. The van der Waals surface area contributed by atoms with Crippen molar-refractivity contribution >= 4 is 32.4 Å². The van der Waals surface area contributed by atoms with Crippen molar-refractivity contribution in [3.05, 3.63) is 36.2 Å². The molecule has 1 aromatic carbocycles. The van der Waals surface area contributed by atoms with E-state index in [4.69, 9.17) is 0 Å². The van der Waals surface area contributed by atoms with E-state index in [9.17, 15) is 0 Å². The first-order valence-electron chi connectivity index (χ1n) is 5.33. The molecule has 0 saturated heterocycles. The Bertz CT molecular complexity index is 668. The summed E-state index contributed by atoms with van der Waals surface area (Å²) >= 11 is 1.66. The van der Waals surface area contributed by atoms with Crippen molar-refractivity contribution in [2.24, 2.45) is 7.05 Å². The minimum Gasteiger partial charge on any atom is -0.329 e. The Kier molecular flexibility index (Phi) is 2.33. The van der Waals surface area contributed by atoms with Gasteiger partial charge in [-0.05, 0) is 24.6 Å². The molecule has 0 radical (unpaired) electrons. The summed E-state index contributed by atoms with van der Waals surface area (Å²) in [5.41, 5.74) is 3.25. The fourth-order valence-electron chi connectivity index (χ4n) is 1.69. The molecule has 17 heavy (non-hydrogen) atoms. The first-order chi connectivity index (χ1) is 8.20. The Morgan fingerprint density at radius 1 is 1.35 bits per heavy atom. The number of nitrogens with one attached hydrogen (secondary N) is 1. The van der Waals surface area contributed by atoms with Gasteiger partial charge in [0.05, 0.1) is 22.1 Å². The average Bonchev–Trinajstić information content (AvgIpc) is 2.84. The molecule has 3 rings (SSSR count). The molecule has 4 nitrogen and oxygen atoms in total. The number of hydrogen-bond donors (Lipinski definition) is 1. The fraction of sp³-hybridized carbons (Fsp3) is 0.167. The number of thiazole rings is 1. The van der Waals surface area contributed by atoms with Crippen molar-refractivity contribution in [3.63, 3.8) is 0 Å². The third kappa shape index (κ3) is 2.01. The van der Waals surface area contributed by atoms with Crippen molar-refractivity contribution in [1.82, 2.24) is 14.8 Å². The summed E-state index contributed by atoms with van der Waals surface area (Å²) in [6, 6.07) is 6.28. The molecule has 5 heteroatoms. The van der Waals surface area contributed by atoms with Crippen LogP contribution in [0.15, 0.2) is 30.6 Å². The van der Waals surface area contributed by atoms with E-state index in [2.05, 4.69) is 40.5 Å². The fourth-order valence-corrected chi connectivity index (χ4v) is 2.68. The lowest BCUT2D eigenvalue weighted by Gasteiger charge is -1.94. The molecular weight excluding hydrogens is 232 g/mol. The Hall–Kier alpha value is -1.88. The smallest absolute Gasteiger partial charge is 0.188 e. The molecule has 0 saturated carbocycles. The normalized spacial score (nSPS) is 10.9. The van der Waals surface area contributed by atoms with Crippen LogP contribution in [0.5, 0.6) is 0 Å². The molecule has 0 fully saturated rings. The zero-order chi connectivity index (χ0) is 11.8. The predicted octanol–water partition coefficient (Wildman–Crippen LogP) is 3.08. The van der Waals surface area contributed by atoms with Crippen LogP contribution in [0.25, 0.3) is 10.2 Å². The number of rotatable bonds is 2. The van der Waals surface area contributed by atoms with Crippen LogP contribution in [0.2, 0.25) is 0 Å². The average molecular weight is 244 g/mol. The van der Waals surface area contributed by atoms with Crippen molar-refractivity contribution in [2.75, 3.05) is 5.32 Å². The van der Waals surface area contributed by atoms with E-state index in [1.807, 2.05) is 13.2 Å². The van der Waals surface area contributed by atoms with Gasteiger partial charge in [-0.3, -0.25) is 4.68 Å². The highest BCUT2D eigenvalue weighted by atomic mass is 32.1. The van der Waals surface area contributed by atoms with Crippen LogP contribution >= 0.6 is 11.3 Å². The second kappa shape index (κ2) is 3.85. The maximum Gasteiger partial charge on any atom is 0.188 e. The largest absolute Gasteiger partial charge is 0.329 e. The SMILES string of the molecule is Cc1ccc2nc(Nc3cnn(C)c3)sc2c1. The first kappa shape index (κ1) is 10.3. The van der Waals surface area contributed by atoms with Gasteiger partial charge in [0, 0.05) is 13.2 Å². The summed E-state index contributed by atoms with van der Waals surface area (Å²) in [7, 11) is 1.90. The lowest BCUT2D eigenvalue weighted by molar-refractivity contribution is 0.768. The van der Waals surface area contributed by atoms with E-state index >= 15 is 0 Å². The molecule has 3 aromatic rings. The Morgan fingerprint density at radius 2 is 2.24 bits per heavy atom. The van der Waals surface area contributed by atoms with E-state index in [-0.39, 0.29) is 0 Å². The Morgan fingerprint density at radius 3 is 3.00 bits per heavy atom. The van der Waals surface area contributed by atoms with Gasteiger partial charge in [0.1, 0.15) is 0 Å². The minimum atomic E-state index is 0.901. The van der Waals surface area contributed by atoms with Gasteiger partial charge in [0.15, 0.2) is 5.13 Å². The second-order valence-electron chi connectivity index (χ2n) is 4.02. The summed E-state index contributed by atoms with van der Waals surface area (Å²) in [5.74, 6) is 0. The Labute approximate surface area is 103 Å². The van der Waals surface area contributed by atoms with Gasteiger partial charge in [-0.1, -0.05) is 17.4 Å². The molecule has 86 valence electrons. The van der Waals surface area contributed by atoms with Crippen molar-refractivity contribution in [2.45, 2.75) is 6.92 Å². The van der Waals surface area contributed by atoms with Gasteiger partial charge in [-0.2, -0.15) is 5.10 Å². The van der Waals surface area contributed by atoms with E-state index < -0.39 is 0 Å². The summed E-state index contributed by atoms with van der Waals surface area (Å²) in [6.45, 7) is 2.09. The summed E-state index contributed by atoms with van der Waals surface area (Å²) < 4.78 is 2.97. The van der Waals surface area contributed by atoms with Gasteiger partial charge in [0.25, 0.3) is 0 Å². The monoisotopic (exact) mass is 244 g/mol. The van der Waals surface area contributed by atoms with Gasteiger partial charge in [0.2, 0.25) is 0 Å². The standard InChI is InChI=1S/C12H12N4S/c1-8-3-4-10-11(5-8)17-12(15-10)14-9-6-13-16(2)7-9/h3-7H,1-2H3,(H,14,15). The number of aryl methyl sites for hydroxylation is 2. The number of anilines is 2. The lowest BCUT2D eigenvalue weighted by Crippen LogP contribution is -1.87. The molecule has 0 aliphatic rings. The van der Waals surface area contributed by atoms with E-state index in [1.54, 1.807) is 22.2 Å². The van der Waals surface area contributed by atoms with Gasteiger partial charge in [-0.25, -0.2) is 4.98 Å². The molecule has 0 spiro atoms. The highest BCUT2D eigenvalue weighted by molar-refractivity contribution is 7.22. The molecule has 2 aromatic heterocycles. The van der Waals surface area contributed by atoms with Crippen LogP contribution in [0.3, 0.4) is 0 Å². The number of hydrogen-bond acceptors (Lipinski definition) is 4. The zero-order valence-corrected chi connectivity index (χ0v) is 10.5. The van der Waals surface area contributed by atoms with Crippen LogP contribution in [0.4, 0.5) is 10.8 Å². The topological polar surface area (TPSA) is 42.7 Å². The molecular formula is C12H12N4S. The summed E-state index contributed by atoms with van der Waals surface area (Å²) in [4.78, 5) is 4.53. The van der Waals surface area contributed by atoms with E-state index in [1.165, 1.54) is 10.3 Å². The third-order valence-corrected chi connectivity index (χ3v) is 3.43. The summed E-state index contributed by atoms with van der Waals surface area (Å²) in [5, 5.41) is 8.27. The predicted molar refractivity (Wildman–Crippen MR) is 70.8 cm³/mol. The molecule has 0 amide bonds. The molecule has 0 unspecified atom stereocenters. The molecule has 0 bridgehead atoms. The molecule has 1 N–H and O–H groups in total. The lowest BCUT2D eigenvalue weighted by atomic mass is 10.2. The zero-order valence-electron chi connectivity index (χ0n) is 9.64. The summed E-state index contributed by atoms with van der Waals surface area (Å²) in [6.07, 6.45) is 3.72. The van der Waals surface area contributed by atoms with Crippen LogP contribution < -0.4 is 5.32 Å². The van der Waals surface area contributed by atoms with Gasteiger partial charge in [-0.15, -0.1) is 0 Å². The van der Waals surface area contributed by atoms with Crippen LogP contribution in [-0.4, -0.2) is 14.8 Å². The second-order valence-corrected chi connectivity index (χ2v) is 5.05. The van der Waals surface area contributed by atoms with Crippen LogP contribution in [0, 0.1) is 6.92 Å². The molecule has 0 aliphatic heterocycles. The van der Waals surface area contributed by atoms with Crippen molar-refractivity contribution in [3.8, 4) is 0 Å². The van der Waals surface area contributed by atoms with E-state index in [0.29, 0.717) is 0 Å². The maximum absolute atomic E-state index is 4.53. The molecule has 0 atom stereocenters. The molecule has 0 aliphatic carbocycles. The van der Waals surface area contributed by atoms with Crippen molar-refractivity contribution in [1.29, 1.82) is 0 Å². The van der Waals surface area contributed by atoms with Crippen LogP contribution in [-0.2, 0) is 7.05 Å². The highest BCUT2D eigenvalue weighted by Crippen LogP contribution is 2.28. The maximum atomic E-state index is 4.53. The first-order valence-corrected chi connectivity index (χ1v) is 6.15. The number of nitrogens with zero attached hydrogens (tertiary/aromatic N) is 3.